The first-order valence-corrected chi connectivity index (χ1v) is 20.2. The zero-order chi connectivity index (χ0) is 45.3. The van der Waals surface area contributed by atoms with E-state index in [1.807, 2.05) is 54.6 Å². The van der Waals surface area contributed by atoms with E-state index in [4.69, 9.17) is 0 Å². The van der Waals surface area contributed by atoms with Crippen LogP contribution in [0.25, 0.3) is 0 Å². The van der Waals surface area contributed by atoms with Crippen LogP contribution >= 0.6 is 24.4 Å². The lowest BCUT2D eigenvalue weighted by Gasteiger charge is -2.35. The van der Waals surface area contributed by atoms with E-state index in [-0.39, 0.29) is 35.9 Å². The summed E-state index contributed by atoms with van der Waals surface area (Å²) in [6.45, 7) is 10.4. The highest BCUT2D eigenvalue weighted by Crippen LogP contribution is 2.49. The number of thioether (sulfide) groups is 1. The summed E-state index contributed by atoms with van der Waals surface area (Å²) >= 11 is 5.40. The van der Waals surface area contributed by atoms with Crippen molar-refractivity contribution in [3.8, 4) is 0 Å². The quantitative estimate of drug-likeness (QED) is 0.0748. The molecule has 0 aromatic heterocycles. The lowest BCUT2D eigenvalue weighted by molar-refractivity contribution is -0.155. The van der Waals surface area contributed by atoms with E-state index >= 15 is 0 Å². The van der Waals surface area contributed by atoms with Gasteiger partial charge in [0.1, 0.15) is 23.3 Å². The van der Waals surface area contributed by atoms with Gasteiger partial charge in [0.05, 0.1) is 4.75 Å². The van der Waals surface area contributed by atoms with Gasteiger partial charge in [0.2, 0.25) is 10.8 Å². The van der Waals surface area contributed by atoms with Crippen molar-refractivity contribution in [2.24, 2.45) is 16.7 Å². The van der Waals surface area contributed by atoms with Crippen LogP contribution in [0.5, 0.6) is 0 Å². The van der Waals surface area contributed by atoms with Gasteiger partial charge in [-0.3, -0.25) is 52.7 Å². The topological polar surface area (TPSA) is 188 Å². The lowest BCUT2D eigenvalue weighted by Crippen LogP contribution is -2.50. The molecule has 0 aliphatic carbocycles. The number of rotatable bonds is 20. The molecule has 0 atom stereocenters. The van der Waals surface area contributed by atoms with Crippen molar-refractivity contribution >= 4 is 88.0 Å². The summed E-state index contributed by atoms with van der Waals surface area (Å²) in [5.74, 6) is -7.24. The molecule has 0 amide bonds. The minimum Gasteiger partial charge on any atom is -0.299 e. The summed E-state index contributed by atoms with van der Waals surface area (Å²) in [6.07, 6.45) is -0.153. The van der Waals surface area contributed by atoms with Gasteiger partial charge < -0.3 is 0 Å². The molecule has 3 rings (SSSR count). The first-order valence-electron chi connectivity index (χ1n) is 18.6. The number of benzene rings is 3. The standard InChI is InChI=1S/C29H28O4S.C10H14O4S.C7H10O3/c1-21(30)28(22(2)31,23(3)32)27(33)19-20-34-29(24-13-7-4-8-14-24,25-15-9-5-10-16-25)26-17-11-6-12-18-26;1-6(11)10(7(2)12,8(3)13)9(14)4-5-15;1-4(8)7(5(2)9)6(3)10/h4-18H,19-20H2,1-3H3;15H,4-5H2,1-3H3;7H,1-3H3. The van der Waals surface area contributed by atoms with E-state index < -0.39 is 67.8 Å². The third-order valence-electron chi connectivity index (χ3n) is 9.75. The Morgan fingerprint density at radius 1 is 0.441 bits per heavy atom. The van der Waals surface area contributed by atoms with Crippen LogP contribution in [0.3, 0.4) is 0 Å². The maximum Gasteiger partial charge on any atom is 0.202 e. The molecule has 3 aromatic rings. The van der Waals surface area contributed by atoms with Crippen LogP contribution in [0.1, 0.15) is 91.8 Å². The van der Waals surface area contributed by atoms with Crippen molar-refractivity contribution in [3.63, 3.8) is 0 Å². The van der Waals surface area contributed by atoms with Crippen molar-refractivity contribution in [1.82, 2.24) is 0 Å². The van der Waals surface area contributed by atoms with E-state index in [1.165, 1.54) is 20.8 Å². The molecule has 0 heterocycles. The number of hydrogen-bond donors (Lipinski definition) is 1. The van der Waals surface area contributed by atoms with Crippen LogP contribution in [0, 0.1) is 16.7 Å². The lowest BCUT2D eigenvalue weighted by atomic mass is 9.72. The number of hydrogen-bond acceptors (Lipinski definition) is 13. The Hall–Kier alpha value is -5.27. The molecular weight excluding hydrogens is 793 g/mol. The maximum atomic E-state index is 13.2. The van der Waals surface area contributed by atoms with Crippen molar-refractivity contribution < 1.29 is 52.7 Å². The van der Waals surface area contributed by atoms with E-state index in [1.54, 1.807) is 11.8 Å². The van der Waals surface area contributed by atoms with Crippen molar-refractivity contribution in [2.45, 2.75) is 79.9 Å². The largest absolute Gasteiger partial charge is 0.299 e. The molecule has 0 unspecified atom stereocenters. The first-order chi connectivity index (χ1) is 27.5. The van der Waals surface area contributed by atoms with E-state index in [0.29, 0.717) is 5.75 Å². The molecule has 0 fully saturated rings. The number of thiol groups is 1. The Morgan fingerprint density at radius 3 is 0.898 bits per heavy atom. The van der Waals surface area contributed by atoms with Gasteiger partial charge in [0, 0.05) is 18.6 Å². The second kappa shape index (κ2) is 23.4. The van der Waals surface area contributed by atoms with Gasteiger partial charge in [-0.15, -0.1) is 11.8 Å². The third-order valence-corrected chi connectivity index (χ3v) is 11.5. The molecule has 59 heavy (non-hydrogen) atoms. The van der Waals surface area contributed by atoms with Gasteiger partial charge in [-0.1, -0.05) is 91.0 Å². The SMILES string of the molecule is CC(=O)C(C(C)=O)(C(C)=O)C(=O)CCS.CC(=O)C(C(C)=O)(C(C)=O)C(=O)CCSC(c1ccccc1)(c1ccccc1)c1ccccc1.CC(=O)C(C(C)=O)C(C)=O. The van der Waals surface area contributed by atoms with Crippen LogP contribution in [0.2, 0.25) is 0 Å². The fourth-order valence-electron chi connectivity index (χ4n) is 7.07. The summed E-state index contributed by atoms with van der Waals surface area (Å²) in [7, 11) is 0. The summed E-state index contributed by atoms with van der Waals surface area (Å²) in [5, 5.41) is 0. The predicted octanol–water partition coefficient (Wildman–Crippen LogP) is 6.42. The van der Waals surface area contributed by atoms with Gasteiger partial charge in [0.25, 0.3) is 0 Å². The highest BCUT2D eigenvalue weighted by atomic mass is 32.2. The minimum atomic E-state index is -2.21. The van der Waals surface area contributed by atoms with Crippen molar-refractivity contribution in [3.05, 3.63) is 108 Å². The Morgan fingerprint density at radius 2 is 0.695 bits per heavy atom. The first kappa shape index (κ1) is 51.7. The Bertz CT molecular complexity index is 1850. The zero-order valence-electron chi connectivity index (χ0n) is 34.9. The molecule has 0 aliphatic heterocycles. The van der Waals surface area contributed by atoms with Crippen LogP contribution in [-0.4, -0.2) is 75.1 Å². The third kappa shape index (κ3) is 11.9. The fourth-order valence-corrected chi connectivity index (χ4v) is 8.77. The molecule has 0 N–H and O–H groups in total. The summed E-state index contributed by atoms with van der Waals surface area (Å²) in [4.78, 5) is 128. The fraction of sp³-hybridized carbons (Fsp3) is 0.370. The second-order valence-corrected chi connectivity index (χ2v) is 15.6. The van der Waals surface area contributed by atoms with Crippen LogP contribution in [0.4, 0.5) is 0 Å². The molecule has 0 aliphatic rings. The molecule has 0 saturated heterocycles. The van der Waals surface area contributed by atoms with Gasteiger partial charge in [0.15, 0.2) is 46.3 Å². The van der Waals surface area contributed by atoms with Crippen molar-refractivity contribution in [1.29, 1.82) is 0 Å². The van der Waals surface area contributed by atoms with Crippen LogP contribution in [0.15, 0.2) is 91.0 Å². The van der Waals surface area contributed by atoms with Gasteiger partial charge in [-0.2, -0.15) is 12.6 Å². The molecule has 0 bridgehead atoms. The van der Waals surface area contributed by atoms with Crippen LogP contribution in [-0.2, 0) is 57.5 Å². The Kier molecular flexibility index (Phi) is 20.5. The monoisotopic (exact) mass is 844 g/mol. The summed E-state index contributed by atoms with van der Waals surface area (Å²) in [6, 6.07) is 30.1. The van der Waals surface area contributed by atoms with Crippen LogP contribution < -0.4 is 0 Å². The summed E-state index contributed by atoms with van der Waals surface area (Å²) < 4.78 is -0.630. The zero-order valence-corrected chi connectivity index (χ0v) is 36.6. The van der Waals surface area contributed by atoms with Gasteiger partial charge in [-0.05, 0) is 84.8 Å². The molecule has 3 aromatic carbocycles. The van der Waals surface area contributed by atoms with E-state index in [0.717, 1.165) is 58.2 Å². The Balaban J connectivity index is 0.000000573. The molecule has 0 saturated carbocycles. The highest BCUT2D eigenvalue weighted by Gasteiger charge is 2.52. The molecular formula is C46H52O11S2. The normalized spacial score (nSPS) is 11.1. The summed E-state index contributed by atoms with van der Waals surface area (Å²) in [5.41, 5.74) is -1.18. The maximum absolute atomic E-state index is 13.2. The average molecular weight is 845 g/mol. The molecule has 0 radical (unpaired) electrons. The number of carbonyl (C=O) groups excluding carboxylic acids is 11. The predicted molar refractivity (Wildman–Crippen MR) is 229 cm³/mol. The Labute approximate surface area is 355 Å². The van der Waals surface area contributed by atoms with Gasteiger partial charge >= 0.3 is 0 Å². The molecule has 314 valence electrons. The minimum absolute atomic E-state index is 0.0676. The van der Waals surface area contributed by atoms with E-state index in [9.17, 15) is 52.7 Å². The molecule has 13 heteroatoms. The smallest absolute Gasteiger partial charge is 0.202 e. The average Bonchev–Trinajstić information content (AvgIpc) is 3.14. The number of Topliss-reactive ketones (excluding diaryl/α,β-unsaturated/α-hetero) is 11. The van der Waals surface area contributed by atoms with Gasteiger partial charge in [-0.25, -0.2) is 0 Å². The second-order valence-electron chi connectivity index (χ2n) is 13.8. The number of carbonyl (C=O) groups is 11. The molecule has 0 spiro atoms. The van der Waals surface area contributed by atoms with E-state index in [2.05, 4.69) is 49.0 Å². The van der Waals surface area contributed by atoms with Crippen molar-refractivity contribution in [2.75, 3.05) is 11.5 Å². The number of ketones is 11. The molecule has 11 nitrogen and oxygen atoms in total. The highest BCUT2D eigenvalue weighted by molar-refractivity contribution is 8.00.